The summed E-state index contributed by atoms with van der Waals surface area (Å²) in [5.41, 5.74) is -0.338. The number of hydrogen-bond acceptors (Lipinski definition) is 3. The molecule has 0 radical (unpaired) electrons. The molecule has 0 bridgehead atoms. The smallest absolute Gasteiger partial charge is 0.250 e. The van der Waals surface area contributed by atoms with Crippen LogP contribution in [0.1, 0.15) is 11.1 Å². The maximum absolute atomic E-state index is 12.6. The van der Waals surface area contributed by atoms with Crippen molar-refractivity contribution in [2.45, 2.75) is 6.18 Å². The van der Waals surface area contributed by atoms with E-state index >= 15 is 0 Å². The van der Waals surface area contributed by atoms with Gasteiger partial charge < -0.3 is 0 Å². The van der Waals surface area contributed by atoms with E-state index in [0.29, 0.717) is 21.8 Å². The van der Waals surface area contributed by atoms with E-state index in [4.69, 9.17) is 34.8 Å². The molecular formula is C14H9Cl3F3N3. The van der Waals surface area contributed by atoms with E-state index in [9.17, 15) is 13.2 Å². The molecule has 1 heterocycles. The van der Waals surface area contributed by atoms with Gasteiger partial charge in [-0.3, -0.25) is 0 Å². The fourth-order valence-electron chi connectivity index (χ4n) is 1.63. The van der Waals surface area contributed by atoms with Crippen LogP contribution >= 0.6 is 34.8 Å². The third kappa shape index (κ3) is 4.50. The van der Waals surface area contributed by atoms with Crippen LogP contribution in [-0.2, 0) is 6.18 Å². The lowest BCUT2D eigenvalue weighted by Crippen LogP contribution is -2.13. The third-order valence-corrected chi connectivity index (χ3v) is 3.63. The minimum atomic E-state index is -4.51. The molecule has 0 saturated carbocycles. The molecule has 0 fully saturated rings. The summed E-state index contributed by atoms with van der Waals surface area (Å²) in [6.45, 7) is 0. The predicted molar refractivity (Wildman–Crippen MR) is 86.7 cm³/mol. The first kappa shape index (κ1) is 17.8. The van der Waals surface area contributed by atoms with Gasteiger partial charge in [0.15, 0.2) is 5.82 Å². The molecule has 2 rings (SSSR count). The summed E-state index contributed by atoms with van der Waals surface area (Å²) in [5.74, 6) is 0.0843. The van der Waals surface area contributed by atoms with Crippen LogP contribution in [0.3, 0.4) is 0 Å². The molecule has 1 aromatic carbocycles. The Kier molecular flexibility index (Phi) is 5.39. The van der Waals surface area contributed by atoms with Gasteiger partial charge in [-0.15, -0.1) is 0 Å². The molecule has 0 aliphatic heterocycles. The van der Waals surface area contributed by atoms with Gasteiger partial charge in [0.05, 0.1) is 21.8 Å². The van der Waals surface area contributed by atoms with Crippen LogP contribution in [0.15, 0.2) is 35.6 Å². The van der Waals surface area contributed by atoms with Crippen molar-refractivity contribution < 1.29 is 13.2 Å². The average molecular weight is 383 g/mol. The van der Waals surface area contributed by atoms with Crippen molar-refractivity contribution in [1.82, 2.24) is 4.98 Å². The molecule has 23 heavy (non-hydrogen) atoms. The summed E-state index contributed by atoms with van der Waals surface area (Å²) in [7, 11) is 1.50. The molecule has 9 heteroatoms. The van der Waals surface area contributed by atoms with E-state index in [2.05, 4.69) is 10.1 Å². The van der Waals surface area contributed by atoms with Crippen LogP contribution in [0.5, 0.6) is 0 Å². The first-order valence-electron chi connectivity index (χ1n) is 6.14. The van der Waals surface area contributed by atoms with Crippen LogP contribution in [0.2, 0.25) is 15.1 Å². The number of nitrogens with zero attached hydrogens (tertiary/aromatic N) is 3. The molecule has 0 unspecified atom stereocenters. The van der Waals surface area contributed by atoms with Crippen molar-refractivity contribution in [2.75, 3.05) is 12.1 Å². The second kappa shape index (κ2) is 6.95. The van der Waals surface area contributed by atoms with E-state index in [1.165, 1.54) is 18.3 Å². The zero-order valence-corrected chi connectivity index (χ0v) is 13.8. The molecular weight excluding hydrogens is 374 g/mol. The summed E-state index contributed by atoms with van der Waals surface area (Å²) in [6, 6.07) is 5.64. The van der Waals surface area contributed by atoms with E-state index in [-0.39, 0.29) is 10.8 Å². The minimum absolute atomic E-state index is 0.0843. The molecule has 0 amide bonds. The molecule has 0 spiro atoms. The van der Waals surface area contributed by atoms with Gasteiger partial charge in [-0.1, -0.05) is 40.9 Å². The zero-order chi connectivity index (χ0) is 17.2. The number of benzene rings is 1. The molecule has 1 aromatic heterocycles. The fraction of sp³-hybridized carbons (Fsp3) is 0.143. The molecule has 122 valence electrons. The van der Waals surface area contributed by atoms with Crippen molar-refractivity contribution in [1.29, 1.82) is 0 Å². The lowest BCUT2D eigenvalue weighted by Gasteiger charge is -2.15. The highest BCUT2D eigenvalue weighted by molar-refractivity contribution is 6.36. The van der Waals surface area contributed by atoms with E-state index in [0.717, 1.165) is 6.07 Å². The highest BCUT2D eigenvalue weighted by Gasteiger charge is 2.31. The molecule has 3 nitrogen and oxygen atoms in total. The van der Waals surface area contributed by atoms with E-state index in [1.807, 2.05) is 0 Å². The summed E-state index contributed by atoms with van der Waals surface area (Å²) in [5, 5.41) is 6.01. The Morgan fingerprint density at radius 2 is 1.83 bits per heavy atom. The lowest BCUT2D eigenvalue weighted by atomic mass is 10.2. The Hall–Kier alpha value is -1.50. The summed E-state index contributed by atoms with van der Waals surface area (Å²) >= 11 is 17.6. The Morgan fingerprint density at radius 1 is 1.13 bits per heavy atom. The Labute approximate surface area is 145 Å². The van der Waals surface area contributed by atoms with Crippen molar-refractivity contribution in [3.8, 4) is 0 Å². The number of halogens is 6. The summed E-state index contributed by atoms with van der Waals surface area (Å²) in [4.78, 5) is 3.70. The summed E-state index contributed by atoms with van der Waals surface area (Å²) < 4.78 is 37.7. The van der Waals surface area contributed by atoms with Gasteiger partial charge in [-0.25, -0.2) is 9.99 Å². The number of hydrogen-bond donors (Lipinski definition) is 0. The Balaban J connectivity index is 2.23. The average Bonchev–Trinajstić information content (AvgIpc) is 2.45. The quantitative estimate of drug-likeness (QED) is 0.516. The van der Waals surface area contributed by atoms with Crippen LogP contribution in [0.4, 0.5) is 19.0 Å². The molecule has 0 saturated heterocycles. The highest BCUT2D eigenvalue weighted by Crippen LogP contribution is 2.33. The second-order valence-corrected chi connectivity index (χ2v) is 5.71. The second-order valence-electron chi connectivity index (χ2n) is 4.46. The molecule has 0 atom stereocenters. The maximum Gasteiger partial charge on any atom is 0.417 e. The Morgan fingerprint density at radius 3 is 2.39 bits per heavy atom. The van der Waals surface area contributed by atoms with Crippen molar-refractivity contribution >= 4 is 46.8 Å². The monoisotopic (exact) mass is 381 g/mol. The zero-order valence-electron chi connectivity index (χ0n) is 11.6. The highest BCUT2D eigenvalue weighted by atomic mass is 35.5. The number of alkyl halides is 3. The fourth-order valence-corrected chi connectivity index (χ4v) is 2.38. The van der Waals surface area contributed by atoms with Gasteiger partial charge in [-0.2, -0.15) is 18.3 Å². The number of hydrazone groups is 1. The van der Waals surface area contributed by atoms with Crippen LogP contribution in [0.25, 0.3) is 0 Å². The summed E-state index contributed by atoms with van der Waals surface area (Å²) in [6.07, 6.45) is -2.38. The molecule has 2 aromatic rings. The first-order chi connectivity index (χ1) is 10.7. The topological polar surface area (TPSA) is 28.5 Å². The van der Waals surface area contributed by atoms with Crippen molar-refractivity contribution in [3.63, 3.8) is 0 Å². The lowest BCUT2D eigenvalue weighted by molar-refractivity contribution is -0.137. The van der Waals surface area contributed by atoms with Gasteiger partial charge in [0.25, 0.3) is 0 Å². The Bertz CT molecular complexity index is 748. The SMILES string of the molecule is CN(/N=C/c1ccc(Cl)cc1Cl)c1ncc(C(F)(F)F)cc1Cl. The first-order valence-corrected chi connectivity index (χ1v) is 7.27. The number of aromatic nitrogens is 1. The van der Waals surface area contributed by atoms with Gasteiger partial charge in [0, 0.05) is 23.8 Å². The van der Waals surface area contributed by atoms with Crippen LogP contribution in [-0.4, -0.2) is 18.2 Å². The van der Waals surface area contributed by atoms with E-state index in [1.54, 1.807) is 18.2 Å². The third-order valence-electron chi connectivity index (χ3n) is 2.79. The van der Waals surface area contributed by atoms with Gasteiger partial charge in [-0.05, 0) is 18.2 Å². The predicted octanol–water partition coefficient (Wildman–Crippen LogP) is 5.53. The molecule has 0 aliphatic carbocycles. The van der Waals surface area contributed by atoms with Gasteiger partial charge >= 0.3 is 6.18 Å². The number of rotatable bonds is 3. The standard InChI is InChI=1S/C14H9Cl3F3N3/c1-23(22-6-8-2-3-10(15)5-11(8)16)13-12(17)4-9(7-21-13)14(18,19)20/h2-7H,1H3/b22-6+. The van der Waals surface area contributed by atoms with Crippen molar-refractivity contribution in [2.24, 2.45) is 5.10 Å². The van der Waals surface area contributed by atoms with Crippen molar-refractivity contribution in [3.05, 3.63) is 56.7 Å². The number of pyridine rings is 1. The maximum atomic E-state index is 12.6. The minimum Gasteiger partial charge on any atom is -0.250 e. The van der Waals surface area contributed by atoms with Gasteiger partial charge in [0.1, 0.15) is 0 Å². The van der Waals surface area contributed by atoms with Crippen LogP contribution in [0, 0.1) is 0 Å². The molecule has 0 N–H and O–H groups in total. The normalized spacial score (nSPS) is 12.0. The van der Waals surface area contributed by atoms with Gasteiger partial charge in [0.2, 0.25) is 0 Å². The van der Waals surface area contributed by atoms with E-state index < -0.39 is 11.7 Å². The van der Waals surface area contributed by atoms with Crippen LogP contribution < -0.4 is 5.01 Å². The molecule has 0 aliphatic rings. The largest absolute Gasteiger partial charge is 0.417 e. The number of anilines is 1.